The fourth-order valence-electron chi connectivity index (χ4n) is 3.43. The molecule has 1 unspecified atom stereocenters. The highest BCUT2D eigenvalue weighted by molar-refractivity contribution is 5.93. The molecule has 2 amide bonds. The van der Waals surface area contributed by atoms with E-state index in [0.717, 1.165) is 19.3 Å². The first kappa shape index (κ1) is 23.5. The van der Waals surface area contributed by atoms with Gasteiger partial charge in [-0.25, -0.2) is 0 Å². The summed E-state index contributed by atoms with van der Waals surface area (Å²) in [5, 5.41) is 25.5. The number of Topliss-reactive ketones (excluding diaryl/α,β-unsaturated/α-hetero) is 1. The zero-order valence-electron chi connectivity index (χ0n) is 16.7. The van der Waals surface area contributed by atoms with Crippen LogP contribution in [0.1, 0.15) is 65.7 Å². The fourth-order valence-corrected chi connectivity index (χ4v) is 3.43. The highest BCUT2D eigenvalue weighted by Gasteiger charge is 2.35. The number of carbonyl (C=O) groups excluding carboxylic acids is 3. The van der Waals surface area contributed by atoms with Crippen molar-refractivity contribution in [3.8, 4) is 0 Å². The van der Waals surface area contributed by atoms with E-state index in [1.807, 2.05) is 0 Å². The van der Waals surface area contributed by atoms with E-state index in [-0.39, 0.29) is 31.1 Å². The Morgan fingerprint density at radius 1 is 1.07 bits per heavy atom. The van der Waals surface area contributed by atoms with E-state index in [2.05, 4.69) is 10.6 Å². The van der Waals surface area contributed by atoms with Gasteiger partial charge >= 0.3 is 0 Å². The quantitative estimate of drug-likeness (QED) is 0.358. The van der Waals surface area contributed by atoms with E-state index < -0.39 is 35.6 Å². The van der Waals surface area contributed by atoms with Gasteiger partial charge in [0.05, 0.1) is 24.2 Å². The topological polar surface area (TPSA) is 142 Å². The van der Waals surface area contributed by atoms with Crippen LogP contribution >= 0.6 is 0 Å². The molecule has 0 saturated heterocycles. The summed E-state index contributed by atoms with van der Waals surface area (Å²) in [4.78, 5) is 37.1. The lowest BCUT2D eigenvalue weighted by atomic mass is 9.82. The maximum absolute atomic E-state index is 12.6. The molecule has 1 aliphatic rings. The Labute approximate surface area is 161 Å². The number of rotatable bonds is 10. The molecule has 8 heteroatoms. The van der Waals surface area contributed by atoms with E-state index in [4.69, 9.17) is 5.73 Å². The van der Waals surface area contributed by atoms with Crippen LogP contribution < -0.4 is 16.4 Å². The number of carbonyl (C=O) groups is 3. The summed E-state index contributed by atoms with van der Waals surface area (Å²) in [6.45, 7) is 5.08. The van der Waals surface area contributed by atoms with Crippen molar-refractivity contribution in [2.45, 2.75) is 89.5 Å². The Kier molecular flexibility index (Phi) is 9.35. The molecule has 0 aromatic heterocycles. The second-order valence-corrected chi connectivity index (χ2v) is 7.94. The van der Waals surface area contributed by atoms with Crippen molar-refractivity contribution in [3.63, 3.8) is 0 Å². The summed E-state index contributed by atoms with van der Waals surface area (Å²) < 4.78 is 0. The molecule has 6 N–H and O–H groups in total. The number of hydrogen-bond donors (Lipinski definition) is 5. The van der Waals surface area contributed by atoms with E-state index in [9.17, 15) is 24.6 Å². The maximum atomic E-state index is 12.6. The lowest BCUT2D eigenvalue weighted by Crippen LogP contribution is -2.57. The van der Waals surface area contributed by atoms with Crippen molar-refractivity contribution in [1.82, 2.24) is 10.6 Å². The number of amides is 2. The van der Waals surface area contributed by atoms with Crippen molar-refractivity contribution in [1.29, 1.82) is 0 Å². The van der Waals surface area contributed by atoms with Gasteiger partial charge in [-0.15, -0.1) is 0 Å². The Hall–Kier alpha value is -1.51. The molecule has 27 heavy (non-hydrogen) atoms. The molecule has 1 aliphatic carbocycles. The minimum Gasteiger partial charge on any atom is -0.391 e. The van der Waals surface area contributed by atoms with Crippen LogP contribution in [0.15, 0.2) is 0 Å². The van der Waals surface area contributed by atoms with Crippen LogP contribution in [-0.2, 0) is 14.4 Å². The molecule has 0 bridgehead atoms. The third kappa shape index (κ3) is 7.56. The Morgan fingerprint density at radius 3 is 2.15 bits per heavy atom. The monoisotopic (exact) mass is 385 g/mol. The SMILES string of the molecule is CC(C)C(=O)[C@H](CCN)NC(=O)[C@@H](NC(=O)CC1(O)CCCCC1)C(C)O. The number of hydrogen-bond acceptors (Lipinski definition) is 6. The van der Waals surface area contributed by atoms with Crippen LogP contribution in [0.5, 0.6) is 0 Å². The first-order valence-corrected chi connectivity index (χ1v) is 9.83. The first-order valence-electron chi connectivity index (χ1n) is 9.83. The maximum Gasteiger partial charge on any atom is 0.245 e. The summed E-state index contributed by atoms with van der Waals surface area (Å²) in [5.74, 6) is -1.56. The zero-order valence-corrected chi connectivity index (χ0v) is 16.7. The van der Waals surface area contributed by atoms with Gasteiger partial charge < -0.3 is 26.6 Å². The molecule has 1 rings (SSSR count). The van der Waals surface area contributed by atoms with Gasteiger partial charge in [-0.3, -0.25) is 14.4 Å². The van der Waals surface area contributed by atoms with Crippen LogP contribution in [-0.4, -0.2) is 58.1 Å². The van der Waals surface area contributed by atoms with Gasteiger partial charge in [-0.1, -0.05) is 33.1 Å². The van der Waals surface area contributed by atoms with Crippen molar-refractivity contribution in [2.75, 3.05) is 6.54 Å². The number of ketones is 1. The molecule has 1 saturated carbocycles. The first-order chi connectivity index (χ1) is 12.6. The molecular formula is C19H35N3O5. The lowest BCUT2D eigenvalue weighted by molar-refractivity contribution is -0.136. The molecule has 0 aromatic carbocycles. The third-order valence-corrected chi connectivity index (χ3v) is 5.04. The van der Waals surface area contributed by atoms with Crippen LogP contribution in [0.2, 0.25) is 0 Å². The molecule has 0 spiro atoms. The van der Waals surface area contributed by atoms with Crippen LogP contribution in [0, 0.1) is 5.92 Å². The predicted octanol–water partition coefficient (Wildman–Crippen LogP) is -0.00400. The van der Waals surface area contributed by atoms with Crippen LogP contribution in [0.3, 0.4) is 0 Å². The minimum absolute atomic E-state index is 0.110. The number of aliphatic hydroxyl groups excluding tert-OH is 1. The van der Waals surface area contributed by atoms with E-state index in [0.29, 0.717) is 12.8 Å². The normalized spacial score (nSPS) is 19.8. The molecule has 0 heterocycles. The largest absolute Gasteiger partial charge is 0.391 e. The highest BCUT2D eigenvalue weighted by atomic mass is 16.3. The second kappa shape index (κ2) is 10.7. The second-order valence-electron chi connectivity index (χ2n) is 7.94. The highest BCUT2D eigenvalue weighted by Crippen LogP contribution is 2.30. The van der Waals surface area contributed by atoms with Gasteiger partial charge in [0, 0.05) is 5.92 Å². The Bertz CT molecular complexity index is 515. The summed E-state index contributed by atoms with van der Waals surface area (Å²) in [6.07, 6.45) is 2.88. The summed E-state index contributed by atoms with van der Waals surface area (Å²) in [6, 6.07) is -1.96. The summed E-state index contributed by atoms with van der Waals surface area (Å²) >= 11 is 0. The summed E-state index contributed by atoms with van der Waals surface area (Å²) in [5.41, 5.74) is 4.47. The number of aliphatic hydroxyl groups is 2. The van der Waals surface area contributed by atoms with Crippen molar-refractivity contribution >= 4 is 17.6 Å². The van der Waals surface area contributed by atoms with E-state index in [1.54, 1.807) is 13.8 Å². The minimum atomic E-state index is -1.20. The van der Waals surface area contributed by atoms with Crippen LogP contribution in [0.4, 0.5) is 0 Å². The molecule has 8 nitrogen and oxygen atoms in total. The lowest BCUT2D eigenvalue weighted by Gasteiger charge is -2.32. The smallest absolute Gasteiger partial charge is 0.245 e. The molecule has 1 fully saturated rings. The average Bonchev–Trinajstić information content (AvgIpc) is 2.58. The van der Waals surface area contributed by atoms with Crippen molar-refractivity contribution in [3.05, 3.63) is 0 Å². The van der Waals surface area contributed by atoms with Crippen molar-refractivity contribution < 1.29 is 24.6 Å². The van der Waals surface area contributed by atoms with Gasteiger partial charge in [0.15, 0.2) is 5.78 Å². The number of nitrogens with two attached hydrogens (primary N) is 1. The predicted molar refractivity (Wildman–Crippen MR) is 102 cm³/mol. The third-order valence-electron chi connectivity index (χ3n) is 5.04. The van der Waals surface area contributed by atoms with Gasteiger partial charge in [-0.05, 0) is 32.7 Å². The van der Waals surface area contributed by atoms with Crippen molar-refractivity contribution in [2.24, 2.45) is 11.7 Å². The van der Waals surface area contributed by atoms with Gasteiger partial charge in [0.1, 0.15) is 6.04 Å². The molecular weight excluding hydrogens is 350 g/mol. The fraction of sp³-hybridized carbons (Fsp3) is 0.842. The molecule has 0 aromatic rings. The zero-order chi connectivity index (χ0) is 20.6. The van der Waals surface area contributed by atoms with Gasteiger partial charge in [0.2, 0.25) is 11.8 Å². The summed E-state index contributed by atoms with van der Waals surface area (Å²) in [7, 11) is 0. The number of nitrogens with one attached hydrogen (secondary N) is 2. The average molecular weight is 386 g/mol. The van der Waals surface area contributed by atoms with Crippen LogP contribution in [0.25, 0.3) is 0 Å². The van der Waals surface area contributed by atoms with Gasteiger partial charge in [0.25, 0.3) is 0 Å². The molecule has 0 aliphatic heterocycles. The van der Waals surface area contributed by atoms with E-state index >= 15 is 0 Å². The molecule has 0 radical (unpaired) electrons. The Morgan fingerprint density at radius 2 is 1.67 bits per heavy atom. The Balaban J connectivity index is 2.73. The molecule has 3 atom stereocenters. The standard InChI is InChI=1S/C19H35N3O5/c1-12(2)17(25)14(7-10-20)21-18(26)16(13(3)23)22-15(24)11-19(27)8-5-4-6-9-19/h12-14,16,23,27H,4-11,20H2,1-3H3,(H,21,26)(H,22,24)/t13?,14-,16-/m0/s1. The molecule has 156 valence electrons. The van der Waals surface area contributed by atoms with E-state index in [1.165, 1.54) is 6.92 Å². The van der Waals surface area contributed by atoms with Gasteiger partial charge in [-0.2, -0.15) is 0 Å².